The third-order valence-corrected chi connectivity index (χ3v) is 3.04. The van der Waals surface area contributed by atoms with Gasteiger partial charge in [0.1, 0.15) is 0 Å². The molecule has 0 saturated heterocycles. The van der Waals surface area contributed by atoms with Gasteiger partial charge in [0, 0.05) is 0 Å². The van der Waals surface area contributed by atoms with Gasteiger partial charge < -0.3 is 0 Å². The van der Waals surface area contributed by atoms with Crippen LogP contribution in [0.3, 0.4) is 0 Å². The van der Waals surface area contributed by atoms with Crippen molar-refractivity contribution in [2.24, 2.45) is 10.3 Å². The number of hydrazone groups is 1. The van der Waals surface area contributed by atoms with Gasteiger partial charge in [-0.1, -0.05) is 23.8 Å². The highest BCUT2D eigenvalue weighted by molar-refractivity contribution is 7.12. The molecule has 1 N–H and O–H groups in total. The molecule has 1 heterocycles. The van der Waals surface area contributed by atoms with Crippen LogP contribution in [0.15, 0.2) is 52.1 Å². The first-order valence-corrected chi connectivity index (χ1v) is 5.95. The molecule has 4 nitrogen and oxygen atoms in total. The molecule has 1 aromatic heterocycles. The quantitative estimate of drug-likeness (QED) is 0.389. The fourth-order valence-corrected chi connectivity index (χ4v) is 1.92. The van der Waals surface area contributed by atoms with Gasteiger partial charge in [-0.2, -0.15) is 0 Å². The lowest BCUT2D eigenvalue weighted by Crippen LogP contribution is -1.98. The van der Waals surface area contributed by atoms with Gasteiger partial charge in [0.2, 0.25) is 5.84 Å². The molecule has 0 aliphatic rings. The minimum atomic E-state index is 0.167. The number of hydrogen-bond acceptors (Lipinski definition) is 4. The Labute approximate surface area is 103 Å². The van der Waals surface area contributed by atoms with E-state index in [2.05, 4.69) is 15.7 Å². The molecule has 0 aliphatic heterocycles. The van der Waals surface area contributed by atoms with Crippen LogP contribution in [0.25, 0.3) is 0 Å². The maximum Gasteiger partial charge on any atom is 0.232 e. The lowest BCUT2D eigenvalue weighted by atomic mass is 10.2. The second-order valence-corrected chi connectivity index (χ2v) is 4.43. The van der Waals surface area contributed by atoms with E-state index >= 15 is 0 Å². The van der Waals surface area contributed by atoms with Crippen molar-refractivity contribution in [1.82, 2.24) is 0 Å². The molecule has 0 saturated carbocycles. The first-order chi connectivity index (χ1) is 8.29. The fourth-order valence-electron chi connectivity index (χ4n) is 1.27. The van der Waals surface area contributed by atoms with Crippen LogP contribution in [0.4, 0.5) is 5.69 Å². The summed E-state index contributed by atoms with van der Waals surface area (Å²) in [5, 5.41) is 8.77. The first-order valence-electron chi connectivity index (χ1n) is 5.07. The third kappa shape index (κ3) is 2.98. The number of anilines is 1. The molecule has 17 heavy (non-hydrogen) atoms. The number of nitroso groups, excluding NO2 is 1. The standard InChI is InChI=1S/C12H11N3OS/c1-9-4-6-10(7-5-9)13-14-12(15-16)11-3-2-8-17-11/h2-8,13H,1H3/b14-12-. The number of hydrogen-bond donors (Lipinski definition) is 1. The Morgan fingerprint density at radius 3 is 2.59 bits per heavy atom. The highest BCUT2D eigenvalue weighted by Gasteiger charge is 2.04. The van der Waals surface area contributed by atoms with E-state index in [9.17, 15) is 4.91 Å². The second kappa shape index (κ2) is 5.36. The largest absolute Gasteiger partial charge is 0.276 e. The molecular formula is C12H11N3OS. The number of thiophene rings is 1. The molecule has 1 aromatic carbocycles. The number of amidine groups is 1. The second-order valence-electron chi connectivity index (χ2n) is 3.48. The van der Waals surface area contributed by atoms with Gasteiger partial charge in [0.05, 0.1) is 10.6 Å². The van der Waals surface area contributed by atoms with E-state index in [-0.39, 0.29) is 5.84 Å². The van der Waals surface area contributed by atoms with Crippen LogP contribution in [0.1, 0.15) is 10.4 Å². The third-order valence-electron chi connectivity index (χ3n) is 2.17. The predicted molar refractivity (Wildman–Crippen MR) is 71.5 cm³/mol. The van der Waals surface area contributed by atoms with Gasteiger partial charge in [-0.15, -0.1) is 21.3 Å². The van der Waals surface area contributed by atoms with Crippen molar-refractivity contribution in [2.75, 3.05) is 5.43 Å². The fraction of sp³-hybridized carbons (Fsp3) is 0.0833. The van der Waals surface area contributed by atoms with Crippen molar-refractivity contribution < 1.29 is 0 Å². The SMILES string of the molecule is Cc1ccc(N/N=C(\N=O)c2cccs2)cc1. The van der Waals surface area contributed by atoms with Gasteiger partial charge in [0.15, 0.2) is 0 Å². The molecule has 0 fully saturated rings. The Hall–Kier alpha value is -2.01. The Morgan fingerprint density at radius 2 is 2.00 bits per heavy atom. The molecule has 0 spiro atoms. The first kappa shape index (κ1) is 11.5. The molecule has 0 unspecified atom stereocenters. The van der Waals surface area contributed by atoms with Crippen LogP contribution in [0, 0.1) is 11.8 Å². The average Bonchev–Trinajstić information content (AvgIpc) is 2.86. The number of rotatable bonds is 3. The number of aryl methyl sites for hydroxylation is 1. The van der Waals surface area contributed by atoms with Gasteiger partial charge in [0.25, 0.3) is 0 Å². The van der Waals surface area contributed by atoms with E-state index < -0.39 is 0 Å². The van der Waals surface area contributed by atoms with Crippen LogP contribution in [-0.4, -0.2) is 5.84 Å². The summed E-state index contributed by atoms with van der Waals surface area (Å²) in [4.78, 5) is 11.4. The monoisotopic (exact) mass is 245 g/mol. The summed E-state index contributed by atoms with van der Waals surface area (Å²) in [6.07, 6.45) is 0. The van der Waals surface area contributed by atoms with Crippen LogP contribution in [-0.2, 0) is 0 Å². The minimum absolute atomic E-state index is 0.167. The maximum absolute atomic E-state index is 10.7. The molecule has 0 radical (unpaired) electrons. The smallest absolute Gasteiger partial charge is 0.232 e. The molecule has 0 atom stereocenters. The van der Waals surface area contributed by atoms with E-state index in [1.807, 2.05) is 48.7 Å². The molecule has 0 amide bonds. The molecule has 2 aromatic rings. The van der Waals surface area contributed by atoms with E-state index in [0.717, 1.165) is 10.6 Å². The van der Waals surface area contributed by atoms with Crippen LogP contribution in [0.5, 0.6) is 0 Å². The lowest BCUT2D eigenvalue weighted by Gasteiger charge is -2.00. The van der Waals surface area contributed by atoms with Gasteiger partial charge >= 0.3 is 0 Å². The van der Waals surface area contributed by atoms with E-state index in [1.54, 1.807) is 0 Å². The number of nitrogens with zero attached hydrogens (tertiary/aromatic N) is 2. The average molecular weight is 245 g/mol. The normalized spacial score (nSPS) is 11.2. The van der Waals surface area contributed by atoms with Gasteiger partial charge in [-0.05, 0) is 35.7 Å². The minimum Gasteiger partial charge on any atom is -0.276 e. The summed E-state index contributed by atoms with van der Waals surface area (Å²) in [5.41, 5.74) is 4.81. The van der Waals surface area contributed by atoms with Crippen molar-refractivity contribution in [3.63, 3.8) is 0 Å². The Bertz CT molecular complexity index is 517. The summed E-state index contributed by atoms with van der Waals surface area (Å²) in [6.45, 7) is 2.01. The lowest BCUT2D eigenvalue weighted by molar-refractivity contribution is 1.30. The van der Waals surface area contributed by atoms with Crippen molar-refractivity contribution >= 4 is 22.9 Å². The summed E-state index contributed by atoms with van der Waals surface area (Å²) in [5.74, 6) is 0.167. The van der Waals surface area contributed by atoms with E-state index in [1.165, 1.54) is 16.9 Å². The zero-order chi connectivity index (χ0) is 12.1. The topological polar surface area (TPSA) is 53.8 Å². The van der Waals surface area contributed by atoms with Gasteiger partial charge in [-0.25, -0.2) is 0 Å². The highest BCUT2D eigenvalue weighted by Crippen LogP contribution is 2.13. The Kier molecular flexibility index (Phi) is 3.62. The van der Waals surface area contributed by atoms with Crippen LogP contribution in [0.2, 0.25) is 0 Å². The highest BCUT2D eigenvalue weighted by atomic mass is 32.1. The summed E-state index contributed by atoms with van der Waals surface area (Å²) < 4.78 is 0. The zero-order valence-corrected chi connectivity index (χ0v) is 10.1. The Balaban J connectivity index is 2.13. The summed E-state index contributed by atoms with van der Waals surface area (Å²) in [7, 11) is 0. The Morgan fingerprint density at radius 1 is 1.24 bits per heavy atom. The molecular weight excluding hydrogens is 234 g/mol. The summed E-state index contributed by atoms with van der Waals surface area (Å²) >= 11 is 1.43. The number of benzene rings is 1. The van der Waals surface area contributed by atoms with Crippen molar-refractivity contribution in [2.45, 2.75) is 6.92 Å². The molecule has 2 rings (SSSR count). The zero-order valence-electron chi connectivity index (χ0n) is 9.25. The van der Waals surface area contributed by atoms with E-state index in [0.29, 0.717) is 0 Å². The molecule has 0 bridgehead atoms. The van der Waals surface area contributed by atoms with Crippen molar-refractivity contribution in [1.29, 1.82) is 0 Å². The number of nitrogens with one attached hydrogen (secondary N) is 1. The van der Waals surface area contributed by atoms with Crippen LogP contribution >= 0.6 is 11.3 Å². The molecule has 86 valence electrons. The van der Waals surface area contributed by atoms with Crippen molar-refractivity contribution in [3.8, 4) is 0 Å². The predicted octanol–water partition coefficient (Wildman–Crippen LogP) is 3.60. The molecule has 5 heteroatoms. The van der Waals surface area contributed by atoms with Crippen molar-refractivity contribution in [3.05, 3.63) is 57.1 Å². The van der Waals surface area contributed by atoms with Gasteiger partial charge in [-0.3, -0.25) is 5.43 Å². The summed E-state index contributed by atoms with van der Waals surface area (Å²) in [6, 6.07) is 11.4. The maximum atomic E-state index is 10.7. The van der Waals surface area contributed by atoms with E-state index in [4.69, 9.17) is 0 Å². The van der Waals surface area contributed by atoms with Crippen LogP contribution < -0.4 is 5.43 Å². The molecule has 0 aliphatic carbocycles.